The maximum absolute atomic E-state index is 8.55. The van der Waals surface area contributed by atoms with Gasteiger partial charge in [-0.15, -0.1) is 0 Å². The van der Waals surface area contributed by atoms with E-state index in [0.29, 0.717) is 11.6 Å². The smallest absolute Gasteiger partial charge is 0.126 e. The topological polar surface area (TPSA) is 60.7 Å². The zero-order chi connectivity index (χ0) is 9.10. The molecule has 0 amide bonds. The molecule has 1 saturated heterocycles. The lowest BCUT2D eigenvalue weighted by Crippen LogP contribution is -2.51. The van der Waals surface area contributed by atoms with E-state index in [9.17, 15) is 0 Å². The molecule has 2 heterocycles. The Bertz CT molecular complexity index is 320. The lowest BCUT2D eigenvalue weighted by molar-refractivity contribution is 0.471. The minimum absolute atomic E-state index is 0.487. The lowest BCUT2D eigenvalue weighted by atomic mass is 10.2. The molecule has 2 rings (SSSR count). The summed E-state index contributed by atoms with van der Waals surface area (Å²) in [5.41, 5.74) is 0.595. The van der Waals surface area contributed by atoms with E-state index in [1.54, 1.807) is 12.3 Å². The van der Waals surface area contributed by atoms with Crippen LogP contribution in [0.5, 0.6) is 0 Å². The summed E-state index contributed by atoms with van der Waals surface area (Å²) in [6.45, 7) is 1.98. The van der Waals surface area contributed by atoms with Crippen molar-refractivity contribution in [1.82, 2.24) is 10.3 Å². The van der Waals surface area contributed by atoms with Gasteiger partial charge in [-0.1, -0.05) is 0 Å². The van der Waals surface area contributed by atoms with E-state index < -0.39 is 0 Å². The van der Waals surface area contributed by atoms with Crippen molar-refractivity contribution in [1.29, 1.82) is 5.26 Å². The van der Waals surface area contributed by atoms with Crippen LogP contribution in [0.15, 0.2) is 18.3 Å². The highest BCUT2D eigenvalue weighted by molar-refractivity contribution is 5.40. The fourth-order valence-electron chi connectivity index (χ4n) is 1.15. The molecule has 1 aliphatic rings. The van der Waals surface area contributed by atoms with E-state index in [4.69, 9.17) is 5.26 Å². The van der Waals surface area contributed by atoms with Crippen molar-refractivity contribution in [3.8, 4) is 6.07 Å². The van der Waals surface area contributed by atoms with Gasteiger partial charge in [0.15, 0.2) is 0 Å². The van der Waals surface area contributed by atoms with Gasteiger partial charge in [-0.2, -0.15) is 5.26 Å². The molecule has 0 atom stereocenters. The molecular weight excluding hydrogens is 164 g/mol. The second-order valence-electron chi connectivity index (χ2n) is 3.04. The van der Waals surface area contributed by atoms with E-state index in [1.807, 2.05) is 12.1 Å². The van der Waals surface area contributed by atoms with Crippen molar-refractivity contribution in [2.75, 3.05) is 18.4 Å². The van der Waals surface area contributed by atoms with Crippen LogP contribution in [0.1, 0.15) is 5.56 Å². The monoisotopic (exact) mass is 174 g/mol. The standard InChI is InChI=1S/C9H10N4/c10-3-7-1-2-9(12-4-7)13-8-5-11-6-8/h1-2,4,8,11H,5-6H2,(H,12,13). The van der Waals surface area contributed by atoms with Gasteiger partial charge >= 0.3 is 0 Å². The molecule has 4 nitrogen and oxygen atoms in total. The highest BCUT2D eigenvalue weighted by Gasteiger charge is 2.15. The number of nitrogens with one attached hydrogen (secondary N) is 2. The van der Waals surface area contributed by atoms with Crippen LogP contribution in [0.3, 0.4) is 0 Å². The molecule has 0 unspecified atom stereocenters. The van der Waals surface area contributed by atoms with Crippen molar-refractivity contribution in [2.45, 2.75) is 6.04 Å². The second kappa shape index (κ2) is 3.42. The maximum atomic E-state index is 8.55. The van der Waals surface area contributed by atoms with Crippen LogP contribution in [0.25, 0.3) is 0 Å². The fourth-order valence-corrected chi connectivity index (χ4v) is 1.15. The molecular formula is C9H10N4. The largest absolute Gasteiger partial charge is 0.365 e. The second-order valence-corrected chi connectivity index (χ2v) is 3.04. The minimum Gasteiger partial charge on any atom is -0.365 e. The average molecular weight is 174 g/mol. The zero-order valence-corrected chi connectivity index (χ0v) is 7.12. The van der Waals surface area contributed by atoms with Crippen molar-refractivity contribution in [2.24, 2.45) is 0 Å². The summed E-state index contributed by atoms with van der Waals surface area (Å²) in [7, 11) is 0. The van der Waals surface area contributed by atoms with Gasteiger partial charge in [0.05, 0.1) is 11.6 Å². The first-order valence-electron chi connectivity index (χ1n) is 4.22. The third-order valence-corrected chi connectivity index (χ3v) is 2.03. The predicted octanol–water partition coefficient (Wildman–Crippen LogP) is 0.337. The Balaban J connectivity index is 2.01. The Labute approximate surface area is 76.6 Å². The van der Waals surface area contributed by atoms with E-state index in [1.165, 1.54) is 0 Å². The summed E-state index contributed by atoms with van der Waals surface area (Å²) in [5.74, 6) is 0.838. The van der Waals surface area contributed by atoms with Crippen molar-refractivity contribution in [3.05, 3.63) is 23.9 Å². The Morgan fingerprint density at radius 1 is 1.54 bits per heavy atom. The molecule has 1 aromatic heterocycles. The van der Waals surface area contributed by atoms with E-state index in [2.05, 4.69) is 15.6 Å². The van der Waals surface area contributed by atoms with Gasteiger partial charge < -0.3 is 10.6 Å². The molecule has 0 bridgehead atoms. The number of hydrogen-bond donors (Lipinski definition) is 2. The quantitative estimate of drug-likeness (QED) is 0.678. The molecule has 0 saturated carbocycles. The number of aromatic nitrogens is 1. The molecule has 0 aliphatic carbocycles. The van der Waals surface area contributed by atoms with Crippen LogP contribution in [-0.2, 0) is 0 Å². The minimum atomic E-state index is 0.487. The number of nitrogens with zero attached hydrogens (tertiary/aromatic N) is 2. The van der Waals surface area contributed by atoms with Gasteiger partial charge in [-0.25, -0.2) is 4.98 Å². The molecule has 1 aromatic rings. The van der Waals surface area contributed by atoms with Gasteiger partial charge in [0.25, 0.3) is 0 Å². The average Bonchev–Trinajstić information content (AvgIpc) is 2.12. The predicted molar refractivity (Wildman–Crippen MR) is 49.2 cm³/mol. The van der Waals surface area contributed by atoms with Crippen LogP contribution in [0.2, 0.25) is 0 Å². The Kier molecular flexibility index (Phi) is 2.11. The van der Waals surface area contributed by atoms with Gasteiger partial charge in [0.2, 0.25) is 0 Å². The molecule has 66 valence electrons. The summed E-state index contributed by atoms with van der Waals surface area (Å²) in [6, 6.07) is 6.11. The van der Waals surface area contributed by atoms with E-state index >= 15 is 0 Å². The summed E-state index contributed by atoms with van der Waals surface area (Å²) < 4.78 is 0. The van der Waals surface area contributed by atoms with Crippen molar-refractivity contribution >= 4 is 5.82 Å². The number of hydrogen-bond acceptors (Lipinski definition) is 4. The van der Waals surface area contributed by atoms with Gasteiger partial charge in [0, 0.05) is 19.3 Å². The highest BCUT2D eigenvalue weighted by atomic mass is 15.1. The van der Waals surface area contributed by atoms with Crippen molar-refractivity contribution in [3.63, 3.8) is 0 Å². The molecule has 1 aliphatic heterocycles. The molecule has 2 N–H and O–H groups in total. The first-order valence-corrected chi connectivity index (χ1v) is 4.22. The summed E-state index contributed by atoms with van der Waals surface area (Å²) >= 11 is 0. The van der Waals surface area contributed by atoms with Crippen LogP contribution in [0, 0.1) is 11.3 Å². The number of nitriles is 1. The molecule has 1 fully saturated rings. The first kappa shape index (κ1) is 8.02. The molecule has 13 heavy (non-hydrogen) atoms. The summed E-state index contributed by atoms with van der Waals surface area (Å²) in [6.07, 6.45) is 1.58. The number of anilines is 1. The fraction of sp³-hybridized carbons (Fsp3) is 0.333. The first-order chi connectivity index (χ1) is 6.38. The van der Waals surface area contributed by atoms with Gasteiger partial charge in [-0.05, 0) is 12.1 Å². The Morgan fingerprint density at radius 3 is 2.85 bits per heavy atom. The molecule has 4 heteroatoms. The van der Waals surface area contributed by atoms with Gasteiger partial charge in [-0.3, -0.25) is 0 Å². The molecule has 0 spiro atoms. The van der Waals surface area contributed by atoms with Crippen LogP contribution >= 0.6 is 0 Å². The van der Waals surface area contributed by atoms with E-state index in [-0.39, 0.29) is 0 Å². The van der Waals surface area contributed by atoms with Crippen LogP contribution in [0.4, 0.5) is 5.82 Å². The maximum Gasteiger partial charge on any atom is 0.126 e. The molecule has 0 radical (unpaired) electrons. The third kappa shape index (κ3) is 1.76. The number of rotatable bonds is 2. The zero-order valence-electron chi connectivity index (χ0n) is 7.12. The van der Waals surface area contributed by atoms with Crippen LogP contribution < -0.4 is 10.6 Å². The van der Waals surface area contributed by atoms with Crippen molar-refractivity contribution < 1.29 is 0 Å². The van der Waals surface area contributed by atoms with Crippen LogP contribution in [-0.4, -0.2) is 24.1 Å². The Morgan fingerprint density at radius 2 is 2.38 bits per heavy atom. The highest BCUT2D eigenvalue weighted by Crippen LogP contribution is 2.07. The lowest BCUT2D eigenvalue weighted by Gasteiger charge is -2.28. The summed E-state index contributed by atoms with van der Waals surface area (Å²) in [4.78, 5) is 4.11. The van der Waals surface area contributed by atoms with E-state index in [0.717, 1.165) is 18.9 Å². The third-order valence-electron chi connectivity index (χ3n) is 2.03. The Hall–Kier alpha value is -1.60. The SMILES string of the molecule is N#Cc1ccc(NC2CNC2)nc1. The number of pyridine rings is 1. The summed E-state index contributed by atoms with van der Waals surface area (Å²) in [5, 5.41) is 15.0. The normalized spacial score (nSPS) is 15.9. The molecule has 0 aromatic carbocycles. The van der Waals surface area contributed by atoms with Gasteiger partial charge in [0.1, 0.15) is 11.9 Å².